The van der Waals surface area contributed by atoms with E-state index >= 15 is 0 Å². The Hall–Kier alpha value is -3.02. The fraction of sp³-hybridized carbons (Fsp3) is 0.348. The molecule has 0 spiro atoms. The van der Waals surface area contributed by atoms with Gasteiger partial charge in [-0.1, -0.05) is 12.1 Å². The number of aromatic nitrogens is 2. The Bertz CT molecular complexity index is 1310. The van der Waals surface area contributed by atoms with Crippen LogP contribution in [0.3, 0.4) is 0 Å². The Labute approximate surface area is 198 Å². The van der Waals surface area contributed by atoms with E-state index in [1.54, 1.807) is 25.2 Å². The predicted octanol–water partition coefficient (Wildman–Crippen LogP) is 3.42. The zero-order chi connectivity index (χ0) is 24.5. The summed E-state index contributed by atoms with van der Waals surface area (Å²) in [6.07, 6.45) is -4.42. The Kier molecular flexibility index (Phi) is 6.87. The molecule has 2 heterocycles. The number of benzene rings is 2. The lowest BCUT2D eigenvalue weighted by molar-refractivity contribution is -0.137. The number of fused-ring (bicyclic) bond motifs is 1. The first kappa shape index (κ1) is 24.1. The summed E-state index contributed by atoms with van der Waals surface area (Å²) in [7, 11) is 1.56. The molecule has 34 heavy (non-hydrogen) atoms. The van der Waals surface area contributed by atoms with Gasteiger partial charge >= 0.3 is 6.18 Å². The van der Waals surface area contributed by atoms with Crippen LogP contribution in [0, 0.1) is 4.77 Å². The van der Waals surface area contributed by atoms with E-state index in [-0.39, 0.29) is 28.8 Å². The van der Waals surface area contributed by atoms with Gasteiger partial charge in [-0.15, -0.1) is 0 Å². The molecule has 0 aliphatic carbocycles. The number of rotatable bonds is 5. The number of hydrogen-bond donors (Lipinski definition) is 2. The third-order valence-electron chi connectivity index (χ3n) is 5.93. The number of H-pyrrole nitrogens is 1. The lowest BCUT2D eigenvalue weighted by atomic mass is 10.0. The summed E-state index contributed by atoms with van der Waals surface area (Å²) in [6, 6.07) is 9.35. The number of alkyl halides is 3. The molecule has 2 N–H and O–H groups in total. The van der Waals surface area contributed by atoms with Crippen LogP contribution in [0.25, 0.3) is 10.9 Å². The molecule has 0 radical (unpaired) electrons. The van der Waals surface area contributed by atoms with Crippen molar-refractivity contribution < 1.29 is 22.7 Å². The van der Waals surface area contributed by atoms with Crippen molar-refractivity contribution in [2.75, 3.05) is 32.8 Å². The van der Waals surface area contributed by atoms with Crippen molar-refractivity contribution >= 4 is 29.0 Å². The molecule has 1 amide bonds. The average Bonchev–Trinajstić information content (AvgIpc) is 2.83. The van der Waals surface area contributed by atoms with Crippen molar-refractivity contribution in [1.29, 1.82) is 0 Å². The van der Waals surface area contributed by atoms with Crippen LogP contribution in [0.5, 0.6) is 0 Å². The fourth-order valence-corrected chi connectivity index (χ4v) is 4.17. The van der Waals surface area contributed by atoms with Crippen LogP contribution in [-0.4, -0.2) is 53.2 Å². The Balaban J connectivity index is 1.56. The number of nitrogens with zero attached hydrogens (tertiary/aromatic N) is 2. The van der Waals surface area contributed by atoms with Gasteiger partial charge in [0.05, 0.1) is 35.7 Å². The van der Waals surface area contributed by atoms with Crippen molar-refractivity contribution in [2.45, 2.75) is 12.2 Å². The summed E-state index contributed by atoms with van der Waals surface area (Å²) in [4.78, 5) is 30.3. The topological polar surface area (TPSA) is 79.4 Å². The van der Waals surface area contributed by atoms with Crippen LogP contribution in [0.15, 0.2) is 47.3 Å². The van der Waals surface area contributed by atoms with Gasteiger partial charge in [0.15, 0.2) is 4.77 Å². The van der Waals surface area contributed by atoms with Crippen LogP contribution in [-0.2, 0) is 18.0 Å². The van der Waals surface area contributed by atoms with E-state index < -0.39 is 11.7 Å². The minimum Gasteiger partial charge on any atom is -0.379 e. The molecule has 4 rings (SSSR count). The maximum absolute atomic E-state index is 13.0. The quantitative estimate of drug-likeness (QED) is 0.534. The van der Waals surface area contributed by atoms with Gasteiger partial charge in [0, 0.05) is 32.2 Å². The molecule has 1 aliphatic heterocycles. The first-order valence-electron chi connectivity index (χ1n) is 10.7. The molecule has 1 aliphatic rings. The molecule has 0 saturated carbocycles. The minimum atomic E-state index is -4.42. The van der Waals surface area contributed by atoms with Gasteiger partial charge in [-0.25, -0.2) is 0 Å². The summed E-state index contributed by atoms with van der Waals surface area (Å²) in [5.74, 6) is -0.368. The molecule has 1 aromatic heterocycles. The highest BCUT2D eigenvalue weighted by Gasteiger charge is 2.31. The molecule has 7 nitrogen and oxygen atoms in total. The summed E-state index contributed by atoms with van der Waals surface area (Å²) >= 11 is 5.14. The number of nitrogens with one attached hydrogen (secondary N) is 2. The van der Waals surface area contributed by atoms with E-state index in [0.29, 0.717) is 48.3 Å². The molecule has 2 aromatic carbocycles. The number of ether oxygens (including phenoxy) is 1. The maximum Gasteiger partial charge on any atom is 0.416 e. The maximum atomic E-state index is 13.0. The van der Waals surface area contributed by atoms with Gasteiger partial charge in [0.2, 0.25) is 0 Å². The van der Waals surface area contributed by atoms with E-state index in [1.165, 1.54) is 16.7 Å². The van der Waals surface area contributed by atoms with Crippen molar-refractivity contribution in [2.24, 2.45) is 7.05 Å². The third-order valence-corrected chi connectivity index (χ3v) is 6.30. The number of hydrogen-bond acceptors (Lipinski definition) is 5. The molecule has 3 aromatic rings. The molecule has 180 valence electrons. The Morgan fingerprint density at radius 1 is 1.18 bits per heavy atom. The van der Waals surface area contributed by atoms with Gasteiger partial charge in [-0.05, 0) is 48.1 Å². The number of carbonyl (C=O) groups is 1. The molecule has 1 saturated heterocycles. The van der Waals surface area contributed by atoms with Crippen LogP contribution >= 0.6 is 12.2 Å². The highest BCUT2D eigenvalue weighted by Crippen LogP contribution is 2.31. The van der Waals surface area contributed by atoms with Crippen molar-refractivity contribution in [3.63, 3.8) is 0 Å². The van der Waals surface area contributed by atoms with Crippen LogP contribution in [0.2, 0.25) is 0 Å². The van der Waals surface area contributed by atoms with Gasteiger partial charge < -0.3 is 15.0 Å². The van der Waals surface area contributed by atoms with Crippen LogP contribution in [0.1, 0.15) is 27.5 Å². The second-order valence-electron chi connectivity index (χ2n) is 8.05. The first-order valence-corrected chi connectivity index (χ1v) is 11.1. The van der Waals surface area contributed by atoms with Crippen molar-refractivity contribution in [3.05, 3.63) is 74.3 Å². The number of amides is 1. The zero-order valence-corrected chi connectivity index (χ0v) is 19.1. The Morgan fingerprint density at radius 3 is 2.50 bits per heavy atom. The fourth-order valence-electron chi connectivity index (χ4n) is 3.98. The second kappa shape index (κ2) is 9.69. The summed E-state index contributed by atoms with van der Waals surface area (Å²) in [5.41, 5.74) is 0.468. The van der Waals surface area contributed by atoms with Crippen LogP contribution < -0.4 is 10.9 Å². The number of aromatic amines is 1. The van der Waals surface area contributed by atoms with Crippen LogP contribution in [0.4, 0.5) is 13.2 Å². The van der Waals surface area contributed by atoms with Gasteiger partial charge in [-0.2, -0.15) is 13.2 Å². The van der Waals surface area contributed by atoms with E-state index in [0.717, 1.165) is 12.1 Å². The highest BCUT2D eigenvalue weighted by atomic mass is 32.1. The number of halogens is 3. The Morgan fingerprint density at radius 2 is 1.85 bits per heavy atom. The van der Waals surface area contributed by atoms with Crippen molar-refractivity contribution in [3.8, 4) is 0 Å². The first-order chi connectivity index (χ1) is 16.1. The van der Waals surface area contributed by atoms with Gasteiger partial charge in [0.1, 0.15) is 0 Å². The molecule has 11 heteroatoms. The largest absolute Gasteiger partial charge is 0.416 e. The third kappa shape index (κ3) is 5.06. The van der Waals surface area contributed by atoms with E-state index in [2.05, 4.69) is 15.2 Å². The van der Waals surface area contributed by atoms with Crippen molar-refractivity contribution in [1.82, 2.24) is 19.8 Å². The molecular weight excluding hydrogens is 469 g/mol. The summed E-state index contributed by atoms with van der Waals surface area (Å²) in [6.45, 7) is 2.39. The van der Waals surface area contributed by atoms with E-state index in [1.807, 2.05) is 0 Å². The minimum absolute atomic E-state index is 0.189. The number of morpholine rings is 1. The lowest BCUT2D eigenvalue weighted by Gasteiger charge is -2.35. The second-order valence-corrected chi connectivity index (χ2v) is 8.44. The standard InChI is InChI=1S/C23H23F3N4O3S/c1-29-21(32)17-7-4-15(12-18(17)28-22(29)34)20(31)27-13-19(30-8-10-33-11-9-30)14-2-5-16(6-3-14)23(24,25)26/h2-7,12,19H,8-11,13H2,1H3,(H,27,31)(H,28,34). The monoisotopic (exact) mass is 492 g/mol. The molecule has 1 unspecified atom stereocenters. The SMILES string of the molecule is Cn1c(=S)[nH]c2cc(C(=O)NCC(c3ccc(C(F)(F)F)cc3)N3CCOCC3)ccc2c1=O. The normalized spacial score (nSPS) is 15.9. The van der Waals surface area contributed by atoms with E-state index in [4.69, 9.17) is 17.0 Å². The average molecular weight is 493 g/mol. The zero-order valence-electron chi connectivity index (χ0n) is 18.3. The van der Waals surface area contributed by atoms with E-state index in [9.17, 15) is 22.8 Å². The highest BCUT2D eigenvalue weighted by molar-refractivity contribution is 7.71. The van der Waals surface area contributed by atoms with Gasteiger partial charge in [0.25, 0.3) is 11.5 Å². The molecule has 1 atom stereocenters. The smallest absolute Gasteiger partial charge is 0.379 e. The molecular formula is C23H23F3N4O3S. The molecule has 0 bridgehead atoms. The summed E-state index contributed by atoms with van der Waals surface area (Å²) < 4.78 is 45.9. The predicted molar refractivity (Wildman–Crippen MR) is 123 cm³/mol. The number of carbonyl (C=O) groups excluding carboxylic acids is 1. The summed E-state index contributed by atoms with van der Waals surface area (Å²) in [5, 5.41) is 3.28. The van der Waals surface area contributed by atoms with Gasteiger partial charge in [-0.3, -0.25) is 19.1 Å². The lowest BCUT2D eigenvalue weighted by Crippen LogP contribution is -2.43. The molecule has 1 fully saturated rings.